The summed E-state index contributed by atoms with van der Waals surface area (Å²) < 4.78 is 0.477. The summed E-state index contributed by atoms with van der Waals surface area (Å²) in [5, 5.41) is 16.9. The highest BCUT2D eigenvalue weighted by Gasteiger charge is 2.24. The number of halogens is 1. The van der Waals surface area contributed by atoms with E-state index in [1.807, 2.05) is 0 Å². The highest BCUT2D eigenvalue weighted by atomic mass is 79.9. The lowest BCUT2D eigenvalue weighted by atomic mass is 10.2. The molecule has 1 saturated heterocycles. The van der Waals surface area contributed by atoms with Crippen LogP contribution in [0.1, 0.15) is 10.4 Å². The molecule has 1 aliphatic heterocycles. The van der Waals surface area contributed by atoms with Crippen LogP contribution in [-0.4, -0.2) is 42.0 Å². The molecule has 0 aromatic heterocycles. The van der Waals surface area contributed by atoms with Crippen LogP contribution in [0.25, 0.3) is 0 Å². The van der Waals surface area contributed by atoms with Gasteiger partial charge in [0.05, 0.1) is 17.8 Å². The topological polar surface area (TPSA) is 108 Å². The van der Waals surface area contributed by atoms with Gasteiger partial charge < -0.3 is 15.7 Å². The molecule has 4 N–H and O–H groups in total. The quantitative estimate of drug-likeness (QED) is 0.627. The average molecular weight is 342 g/mol. The number of anilines is 1. The molecule has 1 aromatic carbocycles. The molecule has 1 fully saturated rings. The molecule has 1 aliphatic rings. The van der Waals surface area contributed by atoms with E-state index in [1.165, 1.54) is 18.2 Å². The lowest BCUT2D eigenvalue weighted by Gasteiger charge is -2.23. The molecule has 0 bridgehead atoms. The number of carboxylic acids is 1. The van der Waals surface area contributed by atoms with E-state index in [0.29, 0.717) is 10.2 Å². The second kappa shape index (κ2) is 6.02. The lowest BCUT2D eigenvalue weighted by Crippen LogP contribution is -2.56. The summed E-state index contributed by atoms with van der Waals surface area (Å²) >= 11 is 3.21. The fourth-order valence-electron chi connectivity index (χ4n) is 1.72. The fourth-order valence-corrected chi connectivity index (χ4v) is 2.20. The van der Waals surface area contributed by atoms with Crippen LogP contribution in [0.5, 0.6) is 0 Å². The van der Waals surface area contributed by atoms with Gasteiger partial charge in [-0.2, -0.15) is 0 Å². The summed E-state index contributed by atoms with van der Waals surface area (Å²) in [7, 11) is 0. The van der Waals surface area contributed by atoms with Crippen molar-refractivity contribution in [1.29, 1.82) is 0 Å². The molecule has 20 heavy (non-hydrogen) atoms. The molecule has 106 valence electrons. The molecule has 7 nitrogen and oxygen atoms in total. The Bertz CT molecular complexity index is 566. The van der Waals surface area contributed by atoms with E-state index in [0.717, 1.165) is 0 Å². The predicted molar refractivity (Wildman–Crippen MR) is 74.5 cm³/mol. The Kier molecular flexibility index (Phi) is 4.35. The lowest BCUT2D eigenvalue weighted by molar-refractivity contribution is -0.124. The normalized spacial score (nSPS) is 18.2. The van der Waals surface area contributed by atoms with E-state index in [4.69, 9.17) is 5.11 Å². The summed E-state index contributed by atoms with van der Waals surface area (Å²) in [5.74, 6) is -1.49. The third-order valence-electron chi connectivity index (χ3n) is 2.80. The van der Waals surface area contributed by atoms with Gasteiger partial charge in [-0.3, -0.25) is 14.9 Å². The molecule has 2 amide bonds. The van der Waals surface area contributed by atoms with Gasteiger partial charge in [0, 0.05) is 11.0 Å². The van der Waals surface area contributed by atoms with Crippen LogP contribution in [0, 0.1) is 0 Å². The number of hydrogen-bond donors (Lipinski definition) is 4. The minimum absolute atomic E-state index is 0.0945. The SMILES string of the molecule is O=C1CNC(C(=O)Nc2ccc(C(=O)O)cc2Br)CN1. The van der Waals surface area contributed by atoms with Gasteiger partial charge in [0.25, 0.3) is 0 Å². The van der Waals surface area contributed by atoms with Crippen molar-refractivity contribution in [2.75, 3.05) is 18.4 Å². The number of rotatable bonds is 3. The third kappa shape index (κ3) is 3.34. The van der Waals surface area contributed by atoms with Gasteiger partial charge in [0.1, 0.15) is 6.04 Å². The number of piperazine rings is 1. The van der Waals surface area contributed by atoms with Crippen molar-refractivity contribution in [3.8, 4) is 0 Å². The zero-order valence-corrected chi connectivity index (χ0v) is 11.9. The number of carbonyl (C=O) groups is 3. The number of carboxylic acid groups (broad SMARTS) is 1. The van der Waals surface area contributed by atoms with Gasteiger partial charge in [-0.25, -0.2) is 4.79 Å². The van der Waals surface area contributed by atoms with Crippen molar-refractivity contribution in [2.24, 2.45) is 0 Å². The molecule has 8 heteroatoms. The van der Waals surface area contributed by atoms with Crippen molar-refractivity contribution in [3.63, 3.8) is 0 Å². The number of carbonyl (C=O) groups excluding carboxylic acids is 2. The maximum atomic E-state index is 12.0. The zero-order chi connectivity index (χ0) is 14.7. The summed E-state index contributed by atoms with van der Waals surface area (Å²) in [6, 6.07) is 3.80. The van der Waals surface area contributed by atoms with Gasteiger partial charge in [-0.1, -0.05) is 0 Å². The molecule has 1 aromatic rings. The van der Waals surface area contributed by atoms with Gasteiger partial charge in [0.15, 0.2) is 0 Å². The van der Waals surface area contributed by atoms with E-state index in [9.17, 15) is 14.4 Å². The Morgan fingerprint density at radius 2 is 2.15 bits per heavy atom. The zero-order valence-electron chi connectivity index (χ0n) is 10.3. The molecule has 2 rings (SSSR count). The second-order valence-corrected chi connectivity index (χ2v) is 5.08. The Morgan fingerprint density at radius 3 is 2.70 bits per heavy atom. The van der Waals surface area contributed by atoms with Crippen LogP contribution in [0.15, 0.2) is 22.7 Å². The molecule has 1 unspecified atom stereocenters. The van der Waals surface area contributed by atoms with E-state index in [2.05, 4.69) is 31.9 Å². The van der Waals surface area contributed by atoms with E-state index >= 15 is 0 Å². The maximum absolute atomic E-state index is 12.0. The molecule has 0 aliphatic carbocycles. The molecule has 1 heterocycles. The molecule has 0 saturated carbocycles. The Hall–Kier alpha value is -1.93. The first-order chi connectivity index (χ1) is 9.47. The Balaban J connectivity index is 2.04. The van der Waals surface area contributed by atoms with Crippen LogP contribution in [0.2, 0.25) is 0 Å². The van der Waals surface area contributed by atoms with Crippen LogP contribution in [-0.2, 0) is 9.59 Å². The number of nitrogens with one attached hydrogen (secondary N) is 3. The smallest absolute Gasteiger partial charge is 0.335 e. The van der Waals surface area contributed by atoms with Crippen LogP contribution in [0.4, 0.5) is 5.69 Å². The molecule has 1 atom stereocenters. The fraction of sp³-hybridized carbons (Fsp3) is 0.250. The van der Waals surface area contributed by atoms with Crippen molar-refractivity contribution in [3.05, 3.63) is 28.2 Å². The maximum Gasteiger partial charge on any atom is 0.335 e. The average Bonchev–Trinajstić information content (AvgIpc) is 2.41. The van der Waals surface area contributed by atoms with Gasteiger partial charge in [-0.15, -0.1) is 0 Å². The minimum atomic E-state index is -1.04. The van der Waals surface area contributed by atoms with E-state index in [1.54, 1.807) is 0 Å². The molecule has 0 radical (unpaired) electrons. The number of benzene rings is 1. The first kappa shape index (κ1) is 14.5. The van der Waals surface area contributed by atoms with Gasteiger partial charge in [0.2, 0.25) is 11.8 Å². The van der Waals surface area contributed by atoms with Gasteiger partial charge >= 0.3 is 5.97 Å². The van der Waals surface area contributed by atoms with E-state index in [-0.39, 0.29) is 30.5 Å². The standard InChI is InChI=1S/C12H12BrN3O4/c13-7-3-6(12(19)20)1-2-8(7)16-11(18)9-4-15-10(17)5-14-9/h1-3,9,14H,4-5H2,(H,15,17)(H,16,18)(H,19,20). The Morgan fingerprint density at radius 1 is 1.40 bits per heavy atom. The van der Waals surface area contributed by atoms with Crippen LogP contribution < -0.4 is 16.0 Å². The number of hydrogen-bond acceptors (Lipinski definition) is 4. The van der Waals surface area contributed by atoms with Crippen molar-refractivity contribution >= 4 is 39.4 Å². The highest BCUT2D eigenvalue weighted by Crippen LogP contribution is 2.23. The summed E-state index contributed by atoms with van der Waals surface area (Å²) in [6.45, 7) is 0.312. The van der Waals surface area contributed by atoms with Gasteiger partial charge in [-0.05, 0) is 34.1 Å². The van der Waals surface area contributed by atoms with Crippen molar-refractivity contribution in [2.45, 2.75) is 6.04 Å². The molecular weight excluding hydrogens is 330 g/mol. The first-order valence-electron chi connectivity index (χ1n) is 5.81. The Labute approximate surface area is 122 Å². The largest absolute Gasteiger partial charge is 0.478 e. The second-order valence-electron chi connectivity index (χ2n) is 4.23. The first-order valence-corrected chi connectivity index (χ1v) is 6.60. The van der Waals surface area contributed by atoms with Crippen LogP contribution >= 0.6 is 15.9 Å². The number of amides is 2. The monoisotopic (exact) mass is 341 g/mol. The highest BCUT2D eigenvalue weighted by molar-refractivity contribution is 9.10. The molecular formula is C12H12BrN3O4. The third-order valence-corrected chi connectivity index (χ3v) is 3.46. The van der Waals surface area contributed by atoms with E-state index < -0.39 is 12.0 Å². The summed E-state index contributed by atoms with van der Waals surface area (Å²) in [4.78, 5) is 33.8. The molecule has 0 spiro atoms. The van der Waals surface area contributed by atoms with Crippen LogP contribution in [0.3, 0.4) is 0 Å². The number of aromatic carboxylic acids is 1. The summed E-state index contributed by atoms with van der Waals surface area (Å²) in [5.41, 5.74) is 0.594. The van der Waals surface area contributed by atoms with Crippen molar-refractivity contribution < 1.29 is 19.5 Å². The van der Waals surface area contributed by atoms with Crippen molar-refractivity contribution in [1.82, 2.24) is 10.6 Å². The predicted octanol–water partition coefficient (Wildman–Crippen LogP) is 0.174. The minimum Gasteiger partial charge on any atom is -0.478 e. The summed E-state index contributed by atoms with van der Waals surface area (Å²) in [6.07, 6.45) is 0.